The van der Waals surface area contributed by atoms with Crippen LogP contribution < -0.4 is 20.7 Å². The maximum Gasteiger partial charge on any atom is 0.257 e. The third-order valence-corrected chi connectivity index (χ3v) is 9.13. The molecule has 0 saturated carbocycles. The fraction of sp³-hybridized carbons (Fsp3) is 0.500. The van der Waals surface area contributed by atoms with Gasteiger partial charge in [-0.15, -0.1) is 0 Å². The molecule has 6 rings (SSSR count). The van der Waals surface area contributed by atoms with Crippen LogP contribution in [0.1, 0.15) is 54.4 Å². The topological polar surface area (TPSA) is 166 Å². The van der Waals surface area contributed by atoms with E-state index in [1.807, 2.05) is 18.2 Å². The smallest absolute Gasteiger partial charge is 0.257 e. The first kappa shape index (κ1) is 36.5. The largest absolute Gasteiger partial charge is 0.484 e. The maximum absolute atomic E-state index is 14.1. The van der Waals surface area contributed by atoms with Crippen molar-refractivity contribution in [2.24, 2.45) is 5.41 Å². The Morgan fingerprint density at radius 1 is 1.02 bits per heavy atom. The summed E-state index contributed by atoms with van der Waals surface area (Å²) in [6.45, 7) is 2.42. The molecule has 4 amide bonds. The zero-order chi connectivity index (χ0) is 35.2. The molecule has 0 spiro atoms. The van der Waals surface area contributed by atoms with Gasteiger partial charge in [-0.3, -0.25) is 19.2 Å². The van der Waals surface area contributed by atoms with Crippen molar-refractivity contribution in [1.82, 2.24) is 35.6 Å². The zero-order valence-electron chi connectivity index (χ0n) is 28.6. The molecule has 1 saturated heterocycles. The second-order valence-corrected chi connectivity index (χ2v) is 12.7. The molecule has 1 aromatic heterocycles. The third kappa shape index (κ3) is 10.1. The van der Waals surface area contributed by atoms with E-state index in [9.17, 15) is 19.2 Å². The minimum atomic E-state index is -1.000. The van der Waals surface area contributed by atoms with Gasteiger partial charge >= 0.3 is 0 Å². The number of hydrogen-bond donors (Lipinski definition) is 3. The number of aromatic nitrogens is 3. The number of fused-ring (bicyclic) bond motifs is 17. The standard InChI is InChI=1S/C36H47N7O7/c1-48-21-15-36(35(47)41-28-13-19-49-20-14-28)22-27-9-11-29(12-10-27)50-23-33(45)38-16-5-18-42(17-4-8-32(44)39-24-36)34(46)30-6-2-3-7-31(30)43-26-37-25-40-43/h2-3,6-7,9-12,25-26,28H,4-5,8,13-24H2,1H3,(H,38,45)(H,39,44)(H,41,47). The molecule has 1 fully saturated rings. The number of nitrogens with one attached hydrogen (secondary N) is 3. The summed E-state index contributed by atoms with van der Waals surface area (Å²) in [4.78, 5) is 59.7. The zero-order valence-corrected chi connectivity index (χ0v) is 28.6. The van der Waals surface area contributed by atoms with Gasteiger partial charge in [0.05, 0.1) is 16.7 Å². The average molecular weight is 690 g/mol. The number of carbonyl (C=O) groups is 4. The Bertz CT molecular complexity index is 1560. The van der Waals surface area contributed by atoms with Gasteiger partial charge in [-0.2, -0.15) is 5.10 Å². The van der Waals surface area contributed by atoms with Gasteiger partial charge in [0.15, 0.2) is 6.61 Å². The highest BCUT2D eigenvalue weighted by Gasteiger charge is 2.40. The van der Waals surface area contributed by atoms with E-state index in [1.165, 1.54) is 17.3 Å². The maximum atomic E-state index is 14.1. The van der Waals surface area contributed by atoms with E-state index in [4.69, 9.17) is 14.2 Å². The van der Waals surface area contributed by atoms with Crippen molar-refractivity contribution in [3.8, 4) is 11.4 Å². The van der Waals surface area contributed by atoms with Crippen molar-refractivity contribution >= 4 is 23.6 Å². The second-order valence-electron chi connectivity index (χ2n) is 12.7. The summed E-state index contributed by atoms with van der Waals surface area (Å²) in [6.07, 6.45) is 6.14. The van der Waals surface area contributed by atoms with E-state index >= 15 is 0 Å². The number of benzene rings is 2. The van der Waals surface area contributed by atoms with E-state index in [0.29, 0.717) is 82.1 Å². The lowest BCUT2D eigenvalue weighted by molar-refractivity contribution is -0.134. The van der Waals surface area contributed by atoms with E-state index in [1.54, 1.807) is 42.3 Å². The van der Waals surface area contributed by atoms with Crippen LogP contribution in [0.2, 0.25) is 0 Å². The molecule has 14 heteroatoms. The van der Waals surface area contributed by atoms with Crippen molar-refractivity contribution in [2.75, 3.05) is 59.7 Å². The van der Waals surface area contributed by atoms with Crippen LogP contribution in [0.15, 0.2) is 61.2 Å². The van der Waals surface area contributed by atoms with Crippen molar-refractivity contribution < 1.29 is 33.4 Å². The van der Waals surface area contributed by atoms with Crippen LogP contribution in [0.3, 0.4) is 0 Å². The van der Waals surface area contributed by atoms with Crippen LogP contribution in [-0.4, -0.2) is 109 Å². The number of ether oxygens (including phenoxy) is 3. The summed E-state index contributed by atoms with van der Waals surface area (Å²) in [7, 11) is 1.59. The molecule has 0 aliphatic carbocycles. The molecule has 3 aliphatic rings. The number of methoxy groups -OCH3 is 1. The Hall–Kier alpha value is -4.82. The molecule has 4 heterocycles. The van der Waals surface area contributed by atoms with Crippen molar-refractivity contribution in [3.63, 3.8) is 0 Å². The predicted octanol–water partition coefficient (Wildman–Crippen LogP) is 2.07. The van der Waals surface area contributed by atoms with Crippen LogP contribution in [-0.2, 0) is 30.3 Å². The lowest BCUT2D eigenvalue weighted by Crippen LogP contribution is -2.53. The molecule has 3 N–H and O–H groups in total. The number of amides is 4. The van der Waals surface area contributed by atoms with Crippen LogP contribution >= 0.6 is 0 Å². The van der Waals surface area contributed by atoms with E-state index < -0.39 is 5.41 Å². The van der Waals surface area contributed by atoms with Gasteiger partial charge in [0.2, 0.25) is 11.8 Å². The highest BCUT2D eigenvalue weighted by molar-refractivity contribution is 5.97. The van der Waals surface area contributed by atoms with Gasteiger partial charge in [-0.1, -0.05) is 24.3 Å². The molecule has 3 aromatic rings. The van der Waals surface area contributed by atoms with Gasteiger partial charge in [-0.25, -0.2) is 9.67 Å². The lowest BCUT2D eigenvalue weighted by Gasteiger charge is -2.35. The normalized spacial score (nSPS) is 20.3. The minimum absolute atomic E-state index is 0.0208. The van der Waals surface area contributed by atoms with E-state index in [-0.39, 0.29) is 49.2 Å². The third-order valence-electron chi connectivity index (χ3n) is 9.13. The summed E-state index contributed by atoms with van der Waals surface area (Å²) in [5.41, 5.74) is 0.909. The van der Waals surface area contributed by atoms with E-state index in [0.717, 1.165) is 18.4 Å². The molecule has 268 valence electrons. The van der Waals surface area contributed by atoms with Gasteiger partial charge < -0.3 is 35.1 Å². The first-order chi connectivity index (χ1) is 24.4. The Balaban J connectivity index is 1.36. The number of rotatable bonds is 7. The molecule has 1 atom stereocenters. The number of carbonyl (C=O) groups excluding carboxylic acids is 4. The van der Waals surface area contributed by atoms with E-state index in [2.05, 4.69) is 26.0 Å². The van der Waals surface area contributed by atoms with Crippen LogP contribution in [0.25, 0.3) is 5.69 Å². The lowest BCUT2D eigenvalue weighted by atomic mass is 9.77. The molecule has 0 radical (unpaired) electrons. The Morgan fingerprint density at radius 2 is 1.80 bits per heavy atom. The fourth-order valence-corrected chi connectivity index (χ4v) is 6.24. The summed E-state index contributed by atoms with van der Waals surface area (Å²) in [5.74, 6) is -0.351. The first-order valence-electron chi connectivity index (χ1n) is 17.2. The molecule has 14 nitrogen and oxygen atoms in total. The average Bonchev–Trinajstić information content (AvgIpc) is 3.68. The van der Waals surface area contributed by atoms with Crippen LogP contribution in [0.5, 0.6) is 5.75 Å². The summed E-state index contributed by atoms with van der Waals surface area (Å²) in [6, 6.07) is 14.4. The first-order valence-corrected chi connectivity index (χ1v) is 17.2. The molecular weight excluding hydrogens is 642 g/mol. The molecule has 2 bridgehead atoms. The summed E-state index contributed by atoms with van der Waals surface area (Å²) < 4.78 is 18.2. The molecular formula is C36H47N7O7. The minimum Gasteiger partial charge on any atom is -0.484 e. The highest BCUT2D eigenvalue weighted by atomic mass is 16.5. The van der Waals surface area contributed by atoms with Gasteiger partial charge in [-0.05, 0) is 68.4 Å². The number of nitrogens with zero attached hydrogens (tertiary/aromatic N) is 4. The molecule has 2 aromatic carbocycles. The Kier molecular flexibility index (Phi) is 13.3. The van der Waals surface area contributed by atoms with Crippen molar-refractivity contribution in [2.45, 2.75) is 51.0 Å². The van der Waals surface area contributed by atoms with Gasteiger partial charge in [0.1, 0.15) is 18.4 Å². The monoisotopic (exact) mass is 689 g/mol. The van der Waals surface area contributed by atoms with Crippen molar-refractivity contribution in [3.05, 3.63) is 72.3 Å². The molecule has 1 unspecified atom stereocenters. The van der Waals surface area contributed by atoms with Crippen LogP contribution in [0.4, 0.5) is 0 Å². The van der Waals surface area contributed by atoms with Crippen LogP contribution in [0, 0.1) is 5.41 Å². The van der Waals surface area contributed by atoms with Gasteiger partial charge in [0, 0.05) is 65.6 Å². The molecule has 50 heavy (non-hydrogen) atoms. The fourth-order valence-electron chi connectivity index (χ4n) is 6.24. The number of para-hydroxylation sites is 1. The second kappa shape index (κ2) is 18.3. The SMILES string of the molecule is COCCC1(C(=O)NC2CCOCC2)CNC(=O)CCCN(C(=O)c2ccccc2-n2cncn2)CCCNC(=O)COc2ccc(cc2)C1. The Labute approximate surface area is 292 Å². The highest BCUT2D eigenvalue weighted by Crippen LogP contribution is 2.30. The summed E-state index contributed by atoms with van der Waals surface area (Å²) in [5, 5.41) is 13.3. The summed E-state index contributed by atoms with van der Waals surface area (Å²) >= 11 is 0. The quantitative estimate of drug-likeness (QED) is 0.337. The van der Waals surface area contributed by atoms with Crippen molar-refractivity contribution in [1.29, 1.82) is 0 Å². The molecule has 3 aliphatic heterocycles. The number of hydrogen-bond acceptors (Lipinski definition) is 9. The van der Waals surface area contributed by atoms with Gasteiger partial charge in [0.25, 0.3) is 11.8 Å². The Morgan fingerprint density at radius 3 is 2.56 bits per heavy atom. The predicted molar refractivity (Wildman–Crippen MR) is 184 cm³/mol.